The molecule has 0 aliphatic carbocycles. The van der Waals surface area contributed by atoms with Crippen molar-refractivity contribution in [2.75, 3.05) is 6.61 Å². The molecule has 114 valence electrons. The molecule has 0 saturated carbocycles. The van der Waals surface area contributed by atoms with Crippen LogP contribution in [-0.4, -0.2) is 17.7 Å². The summed E-state index contributed by atoms with van der Waals surface area (Å²) >= 11 is 5.89. The highest BCUT2D eigenvalue weighted by Gasteiger charge is 2.28. The highest BCUT2D eigenvalue weighted by Crippen LogP contribution is 2.32. The van der Waals surface area contributed by atoms with Gasteiger partial charge < -0.3 is 14.8 Å². The van der Waals surface area contributed by atoms with Crippen LogP contribution in [0.3, 0.4) is 0 Å². The summed E-state index contributed by atoms with van der Waals surface area (Å²) in [5.41, 5.74) is 1.34. The molecule has 0 saturated heterocycles. The Bertz CT molecular complexity index is 711. The van der Waals surface area contributed by atoms with Crippen molar-refractivity contribution in [1.82, 2.24) is 10.3 Å². The molecule has 0 fully saturated rings. The number of aromatic nitrogens is 1. The fraction of sp³-hybridized carbons (Fsp3) is 0.200. The van der Waals surface area contributed by atoms with Gasteiger partial charge in [0.2, 0.25) is 5.88 Å². The monoisotopic (exact) mass is 322 g/mol. The van der Waals surface area contributed by atoms with Gasteiger partial charge in [-0.1, -0.05) is 17.7 Å². The van der Waals surface area contributed by atoms with E-state index >= 15 is 0 Å². The van der Waals surface area contributed by atoms with Gasteiger partial charge in [-0.3, -0.25) is 0 Å². The SMILES string of the molecule is O=C(NCc1ccc(F)cc1Cl)OC1COc2ncccc21. The standard InChI is InChI=1S/C15H12ClFN2O3/c16-12-6-10(17)4-3-9(12)7-19-15(20)22-13-8-21-14-11(13)2-1-5-18-14/h1-6,13H,7-8H2,(H,19,20). The van der Waals surface area contributed by atoms with Crippen molar-refractivity contribution in [2.24, 2.45) is 0 Å². The minimum absolute atomic E-state index is 0.144. The number of rotatable bonds is 3. The summed E-state index contributed by atoms with van der Waals surface area (Å²) in [5.74, 6) is 0.0467. The Balaban J connectivity index is 1.57. The average molecular weight is 323 g/mol. The van der Waals surface area contributed by atoms with E-state index in [9.17, 15) is 9.18 Å². The number of nitrogens with zero attached hydrogens (tertiary/aromatic N) is 1. The zero-order valence-corrected chi connectivity index (χ0v) is 12.1. The number of hydrogen-bond acceptors (Lipinski definition) is 4. The van der Waals surface area contributed by atoms with Gasteiger partial charge in [0.25, 0.3) is 0 Å². The van der Waals surface area contributed by atoms with Crippen LogP contribution >= 0.6 is 11.6 Å². The predicted octanol–water partition coefficient (Wildman–Crippen LogP) is 3.23. The molecular formula is C15H12ClFN2O3. The minimum Gasteiger partial charge on any atom is -0.473 e. The molecule has 1 aromatic carbocycles. The normalized spacial score (nSPS) is 15.8. The maximum atomic E-state index is 12.9. The lowest BCUT2D eigenvalue weighted by molar-refractivity contribution is 0.0821. The fourth-order valence-corrected chi connectivity index (χ4v) is 2.35. The Morgan fingerprint density at radius 3 is 3.18 bits per heavy atom. The Morgan fingerprint density at radius 1 is 1.50 bits per heavy atom. The van der Waals surface area contributed by atoms with E-state index in [0.29, 0.717) is 11.4 Å². The van der Waals surface area contributed by atoms with Crippen molar-refractivity contribution in [3.63, 3.8) is 0 Å². The van der Waals surface area contributed by atoms with Crippen LogP contribution in [0.5, 0.6) is 5.88 Å². The Morgan fingerprint density at radius 2 is 2.36 bits per heavy atom. The van der Waals surface area contributed by atoms with E-state index in [1.807, 2.05) is 0 Å². The molecule has 3 rings (SSSR count). The first-order valence-corrected chi connectivity index (χ1v) is 6.97. The van der Waals surface area contributed by atoms with Crippen molar-refractivity contribution >= 4 is 17.7 Å². The number of pyridine rings is 1. The fourth-order valence-electron chi connectivity index (χ4n) is 2.11. The molecule has 0 radical (unpaired) electrons. The molecule has 1 unspecified atom stereocenters. The summed E-state index contributed by atoms with van der Waals surface area (Å²) < 4.78 is 23.6. The van der Waals surface area contributed by atoms with Crippen LogP contribution in [0.1, 0.15) is 17.2 Å². The van der Waals surface area contributed by atoms with Gasteiger partial charge in [0.05, 0.1) is 5.56 Å². The third-order valence-corrected chi connectivity index (χ3v) is 3.56. The second-order valence-electron chi connectivity index (χ2n) is 4.69. The summed E-state index contributed by atoms with van der Waals surface area (Å²) in [6.07, 6.45) is 0.510. The van der Waals surface area contributed by atoms with Crippen LogP contribution in [0, 0.1) is 5.82 Å². The lowest BCUT2D eigenvalue weighted by atomic mass is 10.2. The molecule has 0 spiro atoms. The molecule has 5 nitrogen and oxygen atoms in total. The van der Waals surface area contributed by atoms with Crippen LogP contribution in [0.15, 0.2) is 36.5 Å². The van der Waals surface area contributed by atoms with Gasteiger partial charge in [0, 0.05) is 17.8 Å². The second kappa shape index (κ2) is 6.19. The van der Waals surface area contributed by atoms with Crippen LogP contribution in [0.4, 0.5) is 9.18 Å². The highest BCUT2D eigenvalue weighted by atomic mass is 35.5. The first-order chi connectivity index (χ1) is 10.6. The van der Waals surface area contributed by atoms with Crippen molar-refractivity contribution in [2.45, 2.75) is 12.6 Å². The predicted molar refractivity (Wildman–Crippen MR) is 77.2 cm³/mol. The van der Waals surface area contributed by atoms with Gasteiger partial charge in [0.15, 0.2) is 6.10 Å². The lowest BCUT2D eigenvalue weighted by Gasteiger charge is -2.12. The van der Waals surface area contributed by atoms with Gasteiger partial charge in [0.1, 0.15) is 12.4 Å². The van der Waals surface area contributed by atoms with E-state index in [2.05, 4.69) is 10.3 Å². The average Bonchev–Trinajstić information content (AvgIpc) is 2.90. The number of alkyl carbamates (subject to hydrolysis) is 1. The quantitative estimate of drug-likeness (QED) is 0.942. The molecule has 7 heteroatoms. The first-order valence-electron chi connectivity index (χ1n) is 6.59. The number of amides is 1. The van der Waals surface area contributed by atoms with Gasteiger partial charge in [-0.25, -0.2) is 14.2 Å². The molecule has 1 aromatic heterocycles. The number of benzene rings is 1. The summed E-state index contributed by atoms with van der Waals surface area (Å²) in [5, 5.41) is 2.82. The van der Waals surface area contributed by atoms with Crippen molar-refractivity contribution < 1.29 is 18.7 Å². The lowest BCUT2D eigenvalue weighted by Crippen LogP contribution is -2.26. The summed E-state index contributed by atoms with van der Waals surface area (Å²) in [6, 6.07) is 7.53. The smallest absolute Gasteiger partial charge is 0.408 e. The molecular weight excluding hydrogens is 311 g/mol. The van der Waals surface area contributed by atoms with Crippen molar-refractivity contribution in [3.05, 3.63) is 58.5 Å². The topological polar surface area (TPSA) is 60.5 Å². The summed E-state index contributed by atoms with van der Waals surface area (Å²) in [6.45, 7) is 0.377. The van der Waals surface area contributed by atoms with E-state index < -0.39 is 18.0 Å². The van der Waals surface area contributed by atoms with E-state index in [0.717, 1.165) is 5.56 Å². The van der Waals surface area contributed by atoms with Gasteiger partial charge in [-0.05, 0) is 29.8 Å². The third kappa shape index (κ3) is 3.12. The van der Waals surface area contributed by atoms with Crippen LogP contribution in [0.25, 0.3) is 0 Å². The first kappa shape index (κ1) is 14.6. The zero-order valence-electron chi connectivity index (χ0n) is 11.4. The number of carbonyl (C=O) groups excluding carboxylic acids is 1. The van der Waals surface area contributed by atoms with Gasteiger partial charge >= 0.3 is 6.09 Å². The molecule has 1 aliphatic rings. The summed E-state index contributed by atoms with van der Waals surface area (Å²) in [7, 11) is 0. The zero-order chi connectivity index (χ0) is 15.5. The number of hydrogen-bond donors (Lipinski definition) is 1. The maximum absolute atomic E-state index is 12.9. The van der Waals surface area contributed by atoms with E-state index in [-0.39, 0.29) is 18.2 Å². The molecule has 0 bridgehead atoms. The Labute approximate surface area is 131 Å². The maximum Gasteiger partial charge on any atom is 0.408 e. The molecule has 2 aromatic rings. The van der Waals surface area contributed by atoms with Gasteiger partial charge in [-0.15, -0.1) is 0 Å². The van der Waals surface area contributed by atoms with Crippen LogP contribution < -0.4 is 10.1 Å². The van der Waals surface area contributed by atoms with Gasteiger partial charge in [-0.2, -0.15) is 0 Å². The van der Waals surface area contributed by atoms with E-state index in [1.54, 1.807) is 18.3 Å². The largest absolute Gasteiger partial charge is 0.473 e. The molecule has 1 N–H and O–H groups in total. The minimum atomic E-state index is -0.606. The van der Waals surface area contributed by atoms with E-state index in [1.165, 1.54) is 18.2 Å². The molecule has 1 atom stereocenters. The van der Waals surface area contributed by atoms with Crippen molar-refractivity contribution in [3.8, 4) is 5.88 Å². The second-order valence-corrected chi connectivity index (χ2v) is 5.10. The number of carbonyl (C=O) groups is 1. The third-order valence-electron chi connectivity index (χ3n) is 3.21. The highest BCUT2D eigenvalue weighted by molar-refractivity contribution is 6.31. The number of fused-ring (bicyclic) bond motifs is 1. The molecule has 2 heterocycles. The molecule has 1 aliphatic heterocycles. The van der Waals surface area contributed by atoms with Crippen LogP contribution in [0.2, 0.25) is 5.02 Å². The van der Waals surface area contributed by atoms with E-state index in [4.69, 9.17) is 21.1 Å². The summed E-state index contributed by atoms with van der Waals surface area (Å²) in [4.78, 5) is 15.9. The molecule has 22 heavy (non-hydrogen) atoms. The van der Waals surface area contributed by atoms with Crippen LogP contribution in [-0.2, 0) is 11.3 Å². The number of halogens is 2. The van der Waals surface area contributed by atoms with Crippen molar-refractivity contribution in [1.29, 1.82) is 0 Å². The Kier molecular flexibility index (Phi) is 4.11. The molecule has 1 amide bonds. The number of nitrogens with one attached hydrogen (secondary N) is 1. The number of ether oxygens (including phenoxy) is 2. The Hall–Kier alpha value is -2.34.